The van der Waals surface area contributed by atoms with Gasteiger partial charge in [0.05, 0.1) is 0 Å². The topological polar surface area (TPSA) is 370 Å². The van der Waals surface area contributed by atoms with E-state index in [9.17, 15) is 120 Å². The molecule has 0 radical (unpaired) electrons. The number of likely N-dealkylation sites (N-methyl/N-ethyl adjacent to an activating group) is 4. The van der Waals surface area contributed by atoms with Crippen LogP contribution in [0.3, 0.4) is 0 Å². The number of aromatic hydroxyl groups is 2. The van der Waals surface area contributed by atoms with E-state index in [2.05, 4.69) is 31.1 Å². The van der Waals surface area contributed by atoms with Crippen LogP contribution in [0.25, 0.3) is 0 Å². The molecule has 0 saturated carbocycles. The van der Waals surface area contributed by atoms with Crippen molar-refractivity contribution in [2.24, 2.45) is 0 Å². The Labute approximate surface area is 798 Å². The van der Waals surface area contributed by atoms with Gasteiger partial charge in [0, 0.05) is 226 Å². The van der Waals surface area contributed by atoms with Gasteiger partial charge in [0.15, 0.2) is 45.8 Å². The molecule has 0 spiro atoms. The molecule has 8 aliphatic heterocycles. The van der Waals surface area contributed by atoms with E-state index in [4.69, 9.17) is 9.47 Å². The van der Waals surface area contributed by atoms with Crippen LogP contribution in [-0.2, 0) is 39.4 Å². The van der Waals surface area contributed by atoms with Crippen molar-refractivity contribution >= 4 is 47.3 Å². The molecule has 18 rings (SSSR count). The number of pyridine rings is 4. The van der Waals surface area contributed by atoms with Crippen LogP contribution >= 0.6 is 0 Å². The molecule has 0 unspecified atom stereocenters. The molecule has 36 nitrogen and oxygen atoms in total. The number of nitrogens with one attached hydrogen (secondary N) is 4. The van der Waals surface area contributed by atoms with Gasteiger partial charge in [0.1, 0.15) is 132 Å². The highest BCUT2D eigenvalue weighted by atomic mass is 19.2. The average Bonchev–Trinajstić information content (AvgIpc) is 0.750. The number of fused-ring (bicyclic) bond motifs is 16. The summed E-state index contributed by atoms with van der Waals surface area (Å²) in [6, 6.07) is 21.9. The molecule has 0 atom stereocenters. The highest BCUT2D eigenvalue weighted by Gasteiger charge is 2.42. The zero-order chi connectivity index (χ0) is 102. The summed E-state index contributed by atoms with van der Waals surface area (Å²) >= 11 is 0. The fourth-order valence-electron chi connectivity index (χ4n) is 16.5. The molecule has 12 heterocycles. The van der Waals surface area contributed by atoms with Crippen LogP contribution < -0.4 is 72.5 Å². The Morgan fingerprint density at radius 1 is 0.296 bits per heavy atom. The second-order valence-electron chi connectivity index (χ2n) is 34.3. The maximum atomic E-state index is 14.1. The first-order chi connectivity index (χ1) is 67.8. The predicted octanol–water partition coefficient (Wildman–Crippen LogP) is 4.54. The lowest BCUT2D eigenvalue weighted by atomic mass is 10.1. The van der Waals surface area contributed by atoms with E-state index in [1.807, 2.05) is 60.1 Å². The standard InChI is InChI=1S/2C27H26F3N5O4.2C20H20F3N5O4/c2*1-32-7-9-33-16-34(10-8-32)35-14-20(26(37)31-13-19-21(29)11-18(28)12-22(19)30)24(36)25(23(35)27(33)38)39-15-17-5-3-2-4-6-17;2*1-25-2-4-26-10-27(5-3-25)28-9-13(17(29)18(30)16(28)20(26)32)19(31)24-8-12-14(22)6-11(21)7-15(12)23/h2*2-6,11-12,14H,7-10,13,15-16H2,1H3,(H,31,37);2*6-7,9,30H,2-5,8,10H2,1H3,(H,24,31). The minimum Gasteiger partial charge on any atom is -0.502 e. The molecule has 6 aromatic carbocycles. The fourth-order valence-corrected chi connectivity index (χ4v) is 16.5. The van der Waals surface area contributed by atoms with Crippen molar-refractivity contribution in [1.29, 1.82) is 0 Å². The molecule has 4 fully saturated rings. The summed E-state index contributed by atoms with van der Waals surface area (Å²) in [4.78, 5) is 171. The normalized spacial score (nSPS) is 15.9. The van der Waals surface area contributed by atoms with Crippen LogP contribution in [0.4, 0.5) is 52.7 Å². The number of carbonyl (C=O) groups excluding carboxylic acids is 8. The summed E-state index contributed by atoms with van der Waals surface area (Å²) in [7, 11) is 7.65. The quantitative estimate of drug-likeness (QED) is 0.0642. The lowest BCUT2D eigenvalue weighted by molar-refractivity contribution is 0.0634. The number of hydrogen-bond acceptors (Lipinski definition) is 24. The van der Waals surface area contributed by atoms with Crippen molar-refractivity contribution in [1.82, 2.24) is 79.2 Å². The van der Waals surface area contributed by atoms with E-state index >= 15 is 0 Å². The Morgan fingerprint density at radius 2 is 0.507 bits per heavy atom. The SMILES string of the molecule is CN1CCN2CN(CC1)n1cc(C(=O)NCc3c(F)cc(F)cc3F)c(=O)c(O)c1C2=O.CN1CCN2CN(CC1)n1cc(C(=O)NCc3c(F)cc(F)cc3F)c(=O)c(O)c1C2=O.CN1CCN2CN(CC1)n1cc(C(=O)NCc3c(F)cc(F)cc3F)c(=O)c(OCc3ccccc3)c1C2=O.CN1CCN2CN(CC1)n1cc(C(=O)NCc3c(F)cc(F)cc3F)c(=O)c(OCc3ccccc3)c1C2=O. The molecule has 4 saturated heterocycles. The molecule has 4 aromatic heterocycles. The predicted molar refractivity (Wildman–Crippen MR) is 484 cm³/mol. The molecular formula is C94H92F12N20O16. The number of rotatable bonds is 18. The minimum absolute atomic E-state index is 0.00101. The van der Waals surface area contributed by atoms with Gasteiger partial charge in [-0.3, -0.25) is 96.3 Å². The van der Waals surface area contributed by atoms with Gasteiger partial charge in [0.25, 0.3) is 47.3 Å². The maximum absolute atomic E-state index is 14.1. The molecule has 10 aromatic rings. The van der Waals surface area contributed by atoms with E-state index in [1.54, 1.807) is 68.3 Å². The van der Waals surface area contributed by atoms with Gasteiger partial charge in [-0.1, -0.05) is 60.7 Å². The molecule has 142 heavy (non-hydrogen) atoms. The third-order valence-electron chi connectivity index (χ3n) is 24.7. The van der Waals surface area contributed by atoms with E-state index in [-0.39, 0.29) is 85.3 Å². The number of ether oxygens (including phenoxy) is 2. The Hall–Kier alpha value is -15.7. The molecule has 6 N–H and O–H groups in total. The zero-order valence-corrected chi connectivity index (χ0v) is 76.4. The lowest BCUT2D eigenvalue weighted by Crippen LogP contribution is -2.59. The lowest BCUT2D eigenvalue weighted by Gasteiger charge is -2.43. The summed E-state index contributed by atoms with van der Waals surface area (Å²) in [5.74, 6) is -22.0. The summed E-state index contributed by atoms with van der Waals surface area (Å²) < 4.78 is 182. The number of halogens is 12. The second-order valence-corrected chi connectivity index (χ2v) is 34.3. The minimum atomic E-state index is -1.19. The summed E-state index contributed by atoms with van der Waals surface area (Å²) in [5, 5.41) is 37.0. The van der Waals surface area contributed by atoms with E-state index < -0.39 is 210 Å². The van der Waals surface area contributed by atoms with Crippen LogP contribution in [0.15, 0.2) is 153 Å². The van der Waals surface area contributed by atoms with Crippen molar-refractivity contribution in [3.8, 4) is 23.0 Å². The van der Waals surface area contributed by atoms with Gasteiger partial charge >= 0.3 is 0 Å². The number of benzene rings is 6. The largest absolute Gasteiger partial charge is 0.502 e. The number of nitrogens with zero attached hydrogens (tertiary/aromatic N) is 16. The van der Waals surface area contributed by atoms with Gasteiger partial charge < -0.3 is 80.2 Å². The van der Waals surface area contributed by atoms with E-state index in [0.29, 0.717) is 153 Å². The first kappa shape index (κ1) is 101. The van der Waals surface area contributed by atoms with Crippen molar-refractivity contribution in [2.45, 2.75) is 39.4 Å². The molecule has 8 amide bonds. The Balaban J connectivity index is 0.000000143. The third kappa shape index (κ3) is 21.8. The Kier molecular flexibility index (Phi) is 30.5. The maximum Gasteiger partial charge on any atom is 0.277 e. The van der Waals surface area contributed by atoms with E-state index in [0.717, 1.165) is 23.5 Å². The van der Waals surface area contributed by atoms with Gasteiger partial charge in [0.2, 0.25) is 21.7 Å². The molecule has 0 aliphatic carbocycles. The van der Waals surface area contributed by atoms with Gasteiger partial charge in [-0.05, 0) is 39.3 Å². The number of aromatic nitrogens is 4. The Bertz CT molecular complexity index is 6410. The van der Waals surface area contributed by atoms with Gasteiger partial charge in [-0.25, -0.2) is 52.7 Å². The second kappa shape index (κ2) is 42.9. The Morgan fingerprint density at radius 3 is 0.746 bits per heavy atom. The van der Waals surface area contributed by atoms with Crippen molar-refractivity contribution in [2.75, 3.05) is 180 Å². The van der Waals surface area contributed by atoms with Crippen LogP contribution in [0.5, 0.6) is 23.0 Å². The fraction of sp³-hybridized carbons (Fsp3) is 0.319. The number of hydrogen-bond donors (Lipinski definition) is 6. The first-order valence-corrected chi connectivity index (χ1v) is 44.3. The number of carbonyl (C=O) groups is 8. The zero-order valence-electron chi connectivity index (χ0n) is 76.4. The first-order valence-electron chi connectivity index (χ1n) is 44.3. The molecular weight excluding hydrogens is 1890 g/mol. The van der Waals surface area contributed by atoms with Crippen LogP contribution in [0, 0.1) is 69.8 Å². The average molecular weight is 1990 g/mol. The summed E-state index contributed by atoms with van der Waals surface area (Å²) in [6.07, 6.45) is 4.75. The van der Waals surface area contributed by atoms with Crippen molar-refractivity contribution in [3.05, 3.63) is 323 Å². The van der Waals surface area contributed by atoms with Gasteiger partial charge in [-0.15, -0.1) is 0 Å². The monoisotopic (exact) mass is 1980 g/mol. The van der Waals surface area contributed by atoms with Crippen LogP contribution in [0.1, 0.15) is 117 Å². The third-order valence-corrected chi connectivity index (χ3v) is 24.7. The molecule has 48 heteroatoms. The van der Waals surface area contributed by atoms with Crippen molar-refractivity contribution < 1.29 is 111 Å². The smallest absolute Gasteiger partial charge is 0.277 e. The highest BCUT2D eigenvalue weighted by Crippen LogP contribution is 2.31. The summed E-state index contributed by atoms with van der Waals surface area (Å²) in [6.45, 7) is 6.99. The molecule has 8 bridgehead atoms. The van der Waals surface area contributed by atoms with E-state index in [1.165, 1.54) is 40.9 Å². The summed E-state index contributed by atoms with van der Waals surface area (Å²) in [5.41, 5.74) is -6.90. The molecule has 8 aliphatic rings. The number of amides is 8. The molecule has 748 valence electrons. The van der Waals surface area contributed by atoms with Gasteiger partial charge in [-0.2, -0.15) is 0 Å². The van der Waals surface area contributed by atoms with Crippen LogP contribution in [-0.4, -0.2) is 275 Å². The highest BCUT2D eigenvalue weighted by molar-refractivity contribution is 6.03. The van der Waals surface area contributed by atoms with Crippen LogP contribution in [0.2, 0.25) is 0 Å². The van der Waals surface area contributed by atoms with Crippen molar-refractivity contribution in [3.63, 3.8) is 0 Å².